The Morgan fingerprint density at radius 2 is 1.89 bits per heavy atom. The van der Waals surface area contributed by atoms with Crippen LogP contribution < -0.4 is 10.1 Å². The van der Waals surface area contributed by atoms with Crippen molar-refractivity contribution in [3.63, 3.8) is 0 Å². The standard InChI is InChI=1S/C26H25F3N6O2/c1-16(36)34-11-8-17(9-12-34)18-6-7-20(22(13-18)37-2)32-25-31-14-19(26(27,28)29)24(33-25)21-15-30-23-5-3-4-10-35(21)23/h3-7,10,13-15,17H,8-9,11-12H2,1-2H3,(H,31,32,33). The fraction of sp³-hybridized carbons (Fsp3) is 0.308. The number of anilines is 2. The number of piperidine rings is 1. The first-order valence-electron chi connectivity index (χ1n) is 11.8. The zero-order valence-electron chi connectivity index (χ0n) is 20.3. The first-order valence-corrected chi connectivity index (χ1v) is 11.8. The molecule has 37 heavy (non-hydrogen) atoms. The first-order chi connectivity index (χ1) is 17.7. The third kappa shape index (κ3) is 4.93. The van der Waals surface area contributed by atoms with Gasteiger partial charge in [0.2, 0.25) is 11.9 Å². The van der Waals surface area contributed by atoms with Crippen LogP contribution in [0.1, 0.15) is 36.8 Å². The summed E-state index contributed by atoms with van der Waals surface area (Å²) in [6.07, 6.45) is 0.820. The molecule has 4 heterocycles. The summed E-state index contributed by atoms with van der Waals surface area (Å²) in [5.41, 5.74) is 1.07. The van der Waals surface area contributed by atoms with Gasteiger partial charge in [0.1, 0.15) is 22.7 Å². The van der Waals surface area contributed by atoms with Crippen LogP contribution in [0.5, 0.6) is 5.75 Å². The monoisotopic (exact) mass is 510 g/mol. The van der Waals surface area contributed by atoms with Gasteiger partial charge in [-0.1, -0.05) is 12.1 Å². The van der Waals surface area contributed by atoms with Crippen molar-refractivity contribution < 1.29 is 22.7 Å². The van der Waals surface area contributed by atoms with E-state index in [1.54, 1.807) is 41.8 Å². The molecule has 0 spiro atoms. The largest absolute Gasteiger partial charge is 0.495 e. The number of likely N-dealkylation sites (tertiary alicyclic amines) is 1. The van der Waals surface area contributed by atoms with E-state index in [1.165, 1.54) is 13.3 Å². The quantitative estimate of drug-likeness (QED) is 0.393. The molecule has 5 rings (SSSR count). The smallest absolute Gasteiger partial charge is 0.420 e. The normalized spacial score (nSPS) is 14.7. The second kappa shape index (κ2) is 9.72. The molecule has 0 saturated carbocycles. The zero-order chi connectivity index (χ0) is 26.2. The van der Waals surface area contributed by atoms with E-state index < -0.39 is 11.7 Å². The number of carbonyl (C=O) groups is 1. The number of alkyl halides is 3. The number of hydrogen-bond acceptors (Lipinski definition) is 6. The molecule has 11 heteroatoms. The van der Waals surface area contributed by atoms with Gasteiger partial charge in [0.25, 0.3) is 0 Å². The number of ether oxygens (including phenoxy) is 1. The molecule has 1 fully saturated rings. The second-order valence-corrected chi connectivity index (χ2v) is 8.89. The van der Waals surface area contributed by atoms with Crippen LogP contribution in [0.3, 0.4) is 0 Å². The molecule has 0 unspecified atom stereocenters. The molecule has 1 aliphatic rings. The molecule has 0 bridgehead atoms. The number of nitrogens with one attached hydrogen (secondary N) is 1. The van der Waals surface area contributed by atoms with Gasteiger partial charge in [-0.15, -0.1) is 0 Å². The summed E-state index contributed by atoms with van der Waals surface area (Å²) in [5.74, 6) is 0.874. The maximum absolute atomic E-state index is 13.8. The Morgan fingerprint density at radius 3 is 2.59 bits per heavy atom. The molecule has 1 saturated heterocycles. The maximum atomic E-state index is 13.8. The van der Waals surface area contributed by atoms with E-state index in [0.29, 0.717) is 30.2 Å². The molecule has 0 aliphatic carbocycles. The molecule has 1 amide bonds. The summed E-state index contributed by atoms with van der Waals surface area (Å²) in [6.45, 7) is 2.98. The highest BCUT2D eigenvalue weighted by Gasteiger charge is 2.36. The number of carbonyl (C=O) groups excluding carboxylic acids is 1. The van der Waals surface area contributed by atoms with Crippen molar-refractivity contribution in [3.8, 4) is 17.1 Å². The molecular formula is C26H25F3N6O2. The van der Waals surface area contributed by atoms with Crippen LogP contribution in [0, 0.1) is 0 Å². The fourth-order valence-corrected chi connectivity index (χ4v) is 4.67. The van der Waals surface area contributed by atoms with Crippen molar-refractivity contribution in [2.45, 2.75) is 31.9 Å². The minimum Gasteiger partial charge on any atom is -0.495 e. The molecule has 1 aliphatic heterocycles. The predicted octanol–water partition coefficient (Wildman–Crippen LogP) is 5.29. The van der Waals surface area contributed by atoms with Gasteiger partial charge in [0.15, 0.2) is 0 Å². The lowest BCUT2D eigenvalue weighted by molar-refractivity contribution is -0.137. The molecule has 8 nitrogen and oxygen atoms in total. The van der Waals surface area contributed by atoms with Gasteiger partial charge in [-0.25, -0.2) is 15.0 Å². The number of pyridine rings is 1. The van der Waals surface area contributed by atoms with Crippen LogP contribution in [-0.4, -0.2) is 50.4 Å². The molecule has 3 aromatic heterocycles. The highest BCUT2D eigenvalue weighted by Crippen LogP contribution is 2.38. The van der Waals surface area contributed by atoms with E-state index in [1.807, 2.05) is 17.0 Å². The summed E-state index contributed by atoms with van der Waals surface area (Å²) in [5, 5.41) is 3.01. The van der Waals surface area contributed by atoms with E-state index in [-0.39, 0.29) is 29.2 Å². The fourth-order valence-electron chi connectivity index (χ4n) is 4.67. The predicted molar refractivity (Wildman–Crippen MR) is 132 cm³/mol. The number of methoxy groups -OCH3 is 1. The number of imidazole rings is 1. The Labute approximate surface area is 211 Å². The Bertz CT molecular complexity index is 1440. The molecule has 4 aromatic rings. The summed E-state index contributed by atoms with van der Waals surface area (Å²) in [4.78, 5) is 25.8. The van der Waals surface area contributed by atoms with Crippen molar-refractivity contribution in [2.24, 2.45) is 0 Å². The third-order valence-corrected chi connectivity index (χ3v) is 6.64. The molecule has 1 aromatic carbocycles. The topological polar surface area (TPSA) is 84.6 Å². The molecule has 1 N–H and O–H groups in total. The van der Waals surface area contributed by atoms with Crippen molar-refractivity contribution in [1.29, 1.82) is 0 Å². The van der Waals surface area contributed by atoms with Crippen LogP contribution in [0.4, 0.5) is 24.8 Å². The number of aromatic nitrogens is 4. The lowest BCUT2D eigenvalue weighted by Gasteiger charge is -2.31. The molecule has 192 valence electrons. The minimum absolute atomic E-state index is 0.00491. The number of amides is 1. The number of nitrogens with zero attached hydrogens (tertiary/aromatic N) is 5. The van der Waals surface area contributed by atoms with E-state index in [4.69, 9.17) is 4.74 Å². The van der Waals surface area contributed by atoms with E-state index >= 15 is 0 Å². The van der Waals surface area contributed by atoms with Gasteiger partial charge < -0.3 is 15.0 Å². The number of hydrogen-bond donors (Lipinski definition) is 1. The highest BCUT2D eigenvalue weighted by molar-refractivity contribution is 5.73. The van der Waals surface area contributed by atoms with Gasteiger partial charge in [-0.05, 0) is 48.6 Å². The van der Waals surface area contributed by atoms with E-state index in [0.717, 1.165) is 24.6 Å². The number of benzene rings is 1. The van der Waals surface area contributed by atoms with Crippen molar-refractivity contribution in [2.75, 3.05) is 25.5 Å². The lowest BCUT2D eigenvalue weighted by Crippen LogP contribution is -2.36. The molecule has 0 radical (unpaired) electrons. The second-order valence-electron chi connectivity index (χ2n) is 8.89. The highest BCUT2D eigenvalue weighted by atomic mass is 19.4. The minimum atomic E-state index is -4.65. The van der Waals surface area contributed by atoms with Crippen molar-refractivity contribution >= 4 is 23.2 Å². The lowest BCUT2D eigenvalue weighted by atomic mass is 9.89. The number of rotatable bonds is 5. The maximum Gasteiger partial charge on any atom is 0.420 e. The van der Waals surface area contributed by atoms with Crippen LogP contribution >= 0.6 is 0 Å². The summed E-state index contributed by atoms with van der Waals surface area (Å²) < 4.78 is 48.6. The Hall–Kier alpha value is -4.15. The Morgan fingerprint density at radius 1 is 1.11 bits per heavy atom. The van der Waals surface area contributed by atoms with Gasteiger partial charge in [-0.3, -0.25) is 9.20 Å². The van der Waals surface area contributed by atoms with Crippen LogP contribution in [0.2, 0.25) is 0 Å². The van der Waals surface area contributed by atoms with Crippen LogP contribution in [0.15, 0.2) is 55.0 Å². The zero-order valence-corrected chi connectivity index (χ0v) is 20.3. The third-order valence-electron chi connectivity index (χ3n) is 6.64. The molecular weight excluding hydrogens is 485 g/mol. The average molecular weight is 511 g/mol. The van der Waals surface area contributed by atoms with Crippen LogP contribution in [-0.2, 0) is 11.0 Å². The SMILES string of the molecule is COc1cc(C2CCN(C(C)=O)CC2)ccc1Nc1ncc(C(F)(F)F)c(-c2cnc3ccccn23)n1. The van der Waals surface area contributed by atoms with Crippen molar-refractivity contribution in [3.05, 3.63) is 66.1 Å². The summed E-state index contributed by atoms with van der Waals surface area (Å²) >= 11 is 0. The Balaban J connectivity index is 1.45. The first kappa shape index (κ1) is 24.5. The van der Waals surface area contributed by atoms with Crippen LogP contribution in [0.25, 0.3) is 17.0 Å². The number of fused-ring (bicyclic) bond motifs is 1. The van der Waals surface area contributed by atoms with Gasteiger partial charge in [0.05, 0.1) is 24.7 Å². The number of halogens is 3. The van der Waals surface area contributed by atoms with E-state index in [2.05, 4.69) is 20.3 Å². The Kier molecular flexibility index (Phi) is 6.45. The van der Waals surface area contributed by atoms with Gasteiger partial charge in [-0.2, -0.15) is 13.2 Å². The van der Waals surface area contributed by atoms with Gasteiger partial charge in [0, 0.05) is 32.4 Å². The summed E-state index contributed by atoms with van der Waals surface area (Å²) in [7, 11) is 1.53. The molecule has 0 atom stereocenters. The van der Waals surface area contributed by atoms with E-state index in [9.17, 15) is 18.0 Å². The van der Waals surface area contributed by atoms with Crippen molar-refractivity contribution in [1.82, 2.24) is 24.3 Å². The summed E-state index contributed by atoms with van der Waals surface area (Å²) in [6, 6.07) is 10.8. The van der Waals surface area contributed by atoms with Gasteiger partial charge >= 0.3 is 6.18 Å². The average Bonchev–Trinajstić information content (AvgIpc) is 3.32.